The van der Waals surface area contributed by atoms with Gasteiger partial charge in [-0.3, -0.25) is 23.9 Å². The molecule has 0 saturated carbocycles. The molecule has 2 heterocycles. The minimum atomic E-state index is -0.648. The SMILES string of the molecule is COc1ccc(CCn2c(O)c(C(=O)CCCN3C(=O)/C(=C/c4ccccc4)SC3=S)c(C)c(C#N)c2=O)cc1. The topological polar surface area (TPSA) is 113 Å². The van der Waals surface area contributed by atoms with E-state index in [0.717, 1.165) is 15.7 Å². The van der Waals surface area contributed by atoms with E-state index in [2.05, 4.69) is 0 Å². The minimum Gasteiger partial charge on any atom is -0.497 e. The lowest BCUT2D eigenvalue weighted by Gasteiger charge is -2.17. The first-order chi connectivity index (χ1) is 19.2. The van der Waals surface area contributed by atoms with Crippen LogP contribution in [0.2, 0.25) is 0 Å². The van der Waals surface area contributed by atoms with Crippen molar-refractivity contribution in [2.24, 2.45) is 0 Å². The number of thioether (sulfide) groups is 1. The van der Waals surface area contributed by atoms with Gasteiger partial charge in [0, 0.05) is 19.5 Å². The number of aryl methyl sites for hydroxylation is 1. The third-order valence-corrected chi connectivity index (χ3v) is 8.00. The molecule has 0 aliphatic carbocycles. The lowest BCUT2D eigenvalue weighted by atomic mass is 9.99. The summed E-state index contributed by atoms with van der Waals surface area (Å²) in [4.78, 5) is 41.1. The molecule has 1 saturated heterocycles. The fourth-order valence-corrected chi connectivity index (χ4v) is 5.75. The van der Waals surface area contributed by atoms with E-state index < -0.39 is 17.2 Å². The van der Waals surface area contributed by atoms with Gasteiger partial charge in [0.05, 0.1) is 17.6 Å². The van der Waals surface area contributed by atoms with E-state index in [1.54, 1.807) is 25.3 Å². The Hall–Kier alpha value is -4.20. The second kappa shape index (κ2) is 12.8. The molecule has 1 aliphatic heterocycles. The number of hydrogen-bond acceptors (Lipinski definition) is 8. The van der Waals surface area contributed by atoms with Crippen molar-refractivity contribution in [1.29, 1.82) is 5.26 Å². The van der Waals surface area contributed by atoms with Crippen LogP contribution in [-0.2, 0) is 17.8 Å². The van der Waals surface area contributed by atoms with Crippen LogP contribution in [-0.4, -0.2) is 44.2 Å². The zero-order valence-corrected chi connectivity index (χ0v) is 23.7. The number of carbonyl (C=O) groups excluding carboxylic acids is 2. The van der Waals surface area contributed by atoms with Gasteiger partial charge in [-0.25, -0.2) is 0 Å². The summed E-state index contributed by atoms with van der Waals surface area (Å²) in [5.41, 5.74) is 1.04. The number of aromatic hydroxyl groups is 1. The number of aromatic nitrogens is 1. The number of pyridine rings is 1. The van der Waals surface area contributed by atoms with Crippen LogP contribution < -0.4 is 10.3 Å². The molecule has 0 spiro atoms. The predicted octanol–water partition coefficient (Wildman–Crippen LogP) is 4.85. The number of Topliss-reactive ketones (excluding diaryl/α,β-unsaturated/α-hetero) is 1. The van der Waals surface area contributed by atoms with Gasteiger partial charge in [0.2, 0.25) is 5.88 Å². The second-order valence-electron chi connectivity index (χ2n) is 9.14. The van der Waals surface area contributed by atoms with E-state index >= 15 is 0 Å². The molecule has 1 aliphatic rings. The molecule has 204 valence electrons. The summed E-state index contributed by atoms with van der Waals surface area (Å²) in [6.07, 6.45) is 2.45. The summed E-state index contributed by atoms with van der Waals surface area (Å²) >= 11 is 6.61. The number of amides is 1. The molecule has 0 unspecified atom stereocenters. The summed E-state index contributed by atoms with van der Waals surface area (Å²) in [5, 5.41) is 20.6. The van der Waals surface area contributed by atoms with Crippen LogP contribution in [0.5, 0.6) is 11.6 Å². The van der Waals surface area contributed by atoms with E-state index in [-0.39, 0.29) is 48.5 Å². The van der Waals surface area contributed by atoms with Gasteiger partial charge in [0.1, 0.15) is 21.7 Å². The van der Waals surface area contributed by atoms with Gasteiger partial charge < -0.3 is 9.84 Å². The maximum atomic E-state index is 13.3. The first-order valence-electron chi connectivity index (χ1n) is 12.6. The van der Waals surface area contributed by atoms with Crippen molar-refractivity contribution in [1.82, 2.24) is 9.47 Å². The molecule has 10 heteroatoms. The first-order valence-corrected chi connectivity index (χ1v) is 13.8. The van der Waals surface area contributed by atoms with Crippen molar-refractivity contribution in [2.45, 2.75) is 32.7 Å². The van der Waals surface area contributed by atoms with Gasteiger partial charge in [-0.1, -0.05) is 66.4 Å². The average molecular weight is 574 g/mol. The minimum absolute atomic E-state index is 0.00918. The summed E-state index contributed by atoms with van der Waals surface area (Å²) in [6, 6.07) is 18.6. The molecule has 4 rings (SSSR count). The van der Waals surface area contributed by atoms with Gasteiger partial charge in [0.25, 0.3) is 11.5 Å². The first kappa shape index (κ1) is 28.8. The maximum absolute atomic E-state index is 13.3. The third kappa shape index (κ3) is 6.17. The van der Waals surface area contributed by atoms with Crippen LogP contribution in [0.1, 0.15) is 45.5 Å². The Labute approximate surface area is 241 Å². The van der Waals surface area contributed by atoms with E-state index in [1.807, 2.05) is 48.5 Å². The standard InChI is InChI=1S/C30H27N3O5S2/c1-19-23(18-31)27(35)32(16-14-20-10-12-22(38-2)13-11-20)29(37)26(19)24(34)9-6-15-33-28(36)25(40-30(33)39)17-21-7-4-3-5-8-21/h3-5,7-8,10-13,17,37H,6,9,14-16H2,1-2H3/b25-17-. The van der Waals surface area contributed by atoms with Crippen molar-refractivity contribution >= 4 is 46.1 Å². The number of hydrogen-bond donors (Lipinski definition) is 1. The lowest BCUT2D eigenvalue weighted by molar-refractivity contribution is -0.122. The number of nitrogens with zero attached hydrogens (tertiary/aromatic N) is 3. The fourth-order valence-electron chi connectivity index (χ4n) is 4.44. The number of methoxy groups -OCH3 is 1. The molecule has 3 aromatic rings. The Bertz CT molecular complexity index is 1590. The third-order valence-electron chi connectivity index (χ3n) is 6.62. The summed E-state index contributed by atoms with van der Waals surface area (Å²) in [5.74, 6) is -0.410. The lowest BCUT2D eigenvalue weighted by Crippen LogP contribution is -2.30. The largest absolute Gasteiger partial charge is 0.497 e. The molecule has 1 aromatic heterocycles. The maximum Gasteiger partial charge on any atom is 0.271 e. The number of thiocarbonyl (C=S) groups is 1. The highest BCUT2D eigenvalue weighted by Crippen LogP contribution is 2.33. The molecular weight excluding hydrogens is 546 g/mol. The molecule has 0 atom stereocenters. The monoisotopic (exact) mass is 573 g/mol. The van der Waals surface area contributed by atoms with Gasteiger partial charge >= 0.3 is 0 Å². The Kier molecular flexibility index (Phi) is 9.19. The van der Waals surface area contributed by atoms with Gasteiger partial charge in [0.15, 0.2) is 5.78 Å². The normalized spacial score (nSPS) is 14.0. The number of nitriles is 1. The highest BCUT2D eigenvalue weighted by Gasteiger charge is 2.32. The Morgan fingerprint density at radius 2 is 1.82 bits per heavy atom. The van der Waals surface area contributed by atoms with Crippen molar-refractivity contribution in [3.8, 4) is 17.7 Å². The van der Waals surface area contributed by atoms with Crippen LogP contribution in [0.25, 0.3) is 6.08 Å². The van der Waals surface area contributed by atoms with E-state index in [0.29, 0.717) is 21.4 Å². The molecule has 0 radical (unpaired) electrons. The predicted molar refractivity (Wildman–Crippen MR) is 158 cm³/mol. The highest BCUT2D eigenvalue weighted by atomic mass is 32.2. The van der Waals surface area contributed by atoms with Crippen molar-refractivity contribution in [3.63, 3.8) is 0 Å². The van der Waals surface area contributed by atoms with Crippen LogP contribution in [0, 0.1) is 18.3 Å². The summed E-state index contributed by atoms with van der Waals surface area (Å²) in [6.45, 7) is 1.79. The van der Waals surface area contributed by atoms with Crippen molar-refractivity contribution in [3.05, 3.63) is 97.7 Å². The fraction of sp³-hybridized carbons (Fsp3) is 0.233. The summed E-state index contributed by atoms with van der Waals surface area (Å²) in [7, 11) is 1.57. The average Bonchev–Trinajstić information content (AvgIpc) is 3.21. The van der Waals surface area contributed by atoms with Gasteiger partial charge in [-0.05, 0) is 54.7 Å². The Balaban J connectivity index is 1.47. The van der Waals surface area contributed by atoms with Crippen LogP contribution in [0.15, 0.2) is 64.3 Å². The second-order valence-corrected chi connectivity index (χ2v) is 10.8. The number of rotatable bonds is 10. The number of benzene rings is 2. The van der Waals surface area contributed by atoms with Crippen LogP contribution >= 0.6 is 24.0 Å². The highest BCUT2D eigenvalue weighted by molar-refractivity contribution is 8.26. The molecule has 8 nitrogen and oxygen atoms in total. The summed E-state index contributed by atoms with van der Waals surface area (Å²) < 4.78 is 6.64. The van der Waals surface area contributed by atoms with Crippen LogP contribution in [0.3, 0.4) is 0 Å². The van der Waals surface area contributed by atoms with Crippen LogP contribution in [0.4, 0.5) is 0 Å². The Morgan fingerprint density at radius 3 is 2.48 bits per heavy atom. The van der Waals surface area contributed by atoms with E-state index in [9.17, 15) is 24.8 Å². The van der Waals surface area contributed by atoms with Crippen molar-refractivity contribution < 1.29 is 19.4 Å². The molecule has 0 bridgehead atoms. The molecule has 2 aromatic carbocycles. The molecule has 40 heavy (non-hydrogen) atoms. The number of carbonyl (C=O) groups is 2. The smallest absolute Gasteiger partial charge is 0.271 e. The zero-order chi connectivity index (χ0) is 28.8. The van der Waals surface area contributed by atoms with E-state index in [4.69, 9.17) is 17.0 Å². The molecular formula is C30H27N3O5S2. The number of ketones is 1. The molecule has 1 N–H and O–H groups in total. The number of ether oxygens (including phenoxy) is 1. The van der Waals surface area contributed by atoms with E-state index in [1.165, 1.54) is 23.6 Å². The van der Waals surface area contributed by atoms with Crippen molar-refractivity contribution in [2.75, 3.05) is 13.7 Å². The van der Waals surface area contributed by atoms with Gasteiger partial charge in [-0.2, -0.15) is 5.26 Å². The molecule has 1 amide bonds. The Morgan fingerprint density at radius 1 is 1.12 bits per heavy atom. The quantitative estimate of drug-likeness (QED) is 0.208. The zero-order valence-electron chi connectivity index (χ0n) is 22.0. The van der Waals surface area contributed by atoms with Gasteiger partial charge in [-0.15, -0.1) is 0 Å². The molecule has 1 fully saturated rings.